The Kier molecular flexibility index (Phi) is 6.78. The summed E-state index contributed by atoms with van der Waals surface area (Å²) < 4.78 is 53.3. The number of benzene rings is 2. The molecule has 29 heavy (non-hydrogen) atoms. The first-order chi connectivity index (χ1) is 13.7. The van der Waals surface area contributed by atoms with Crippen LogP contribution in [0.25, 0.3) is 0 Å². The highest BCUT2D eigenvalue weighted by molar-refractivity contribution is 7.88. The van der Waals surface area contributed by atoms with Gasteiger partial charge >= 0.3 is 0 Å². The fourth-order valence-corrected chi connectivity index (χ4v) is 5.53. The molecule has 0 aliphatic carbocycles. The summed E-state index contributed by atoms with van der Waals surface area (Å²) in [5.74, 6) is -3.54. The zero-order valence-electron chi connectivity index (χ0n) is 15.2. The van der Waals surface area contributed by atoms with Gasteiger partial charge in [-0.05, 0) is 37.1 Å². The van der Waals surface area contributed by atoms with E-state index in [0.29, 0.717) is 18.4 Å². The van der Waals surface area contributed by atoms with Crippen molar-refractivity contribution >= 4 is 44.8 Å². The Labute approximate surface area is 177 Å². The fourth-order valence-electron chi connectivity index (χ4n) is 3.17. The van der Waals surface area contributed by atoms with Crippen LogP contribution < -0.4 is 5.32 Å². The summed E-state index contributed by atoms with van der Waals surface area (Å²) in [6.45, 7) is 0.263. The Morgan fingerprint density at radius 2 is 1.83 bits per heavy atom. The van der Waals surface area contributed by atoms with E-state index in [4.69, 9.17) is 23.2 Å². The van der Waals surface area contributed by atoms with Gasteiger partial charge < -0.3 is 5.32 Å². The van der Waals surface area contributed by atoms with E-state index in [2.05, 4.69) is 5.32 Å². The largest absolute Gasteiger partial charge is 0.326 e. The van der Waals surface area contributed by atoms with Gasteiger partial charge in [0.15, 0.2) is 11.6 Å². The average Bonchev–Trinajstić information content (AvgIpc) is 2.68. The SMILES string of the molecule is O=C(Nc1ccc(F)c(F)c1)C1CCCN(S(=O)(=O)Cc2c(Cl)cccc2Cl)C1. The second-order valence-corrected chi connectivity index (χ2v) is 9.56. The van der Waals surface area contributed by atoms with Gasteiger partial charge in [0.2, 0.25) is 15.9 Å². The first kappa shape index (κ1) is 22.0. The van der Waals surface area contributed by atoms with Crippen LogP contribution in [0.5, 0.6) is 0 Å². The molecule has 0 bridgehead atoms. The summed E-state index contributed by atoms with van der Waals surface area (Å²) in [6, 6.07) is 7.78. The molecule has 5 nitrogen and oxygen atoms in total. The number of nitrogens with one attached hydrogen (secondary N) is 1. The van der Waals surface area contributed by atoms with Crippen molar-refractivity contribution < 1.29 is 22.0 Å². The smallest absolute Gasteiger partial charge is 0.228 e. The highest BCUT2D eigenvalue weighted by Crippen LogP contribution is 2.29. The molecule has 1 heterocycles. The summed E-state index contributed by atoms with van der Waals surface area (Å²) in [7, 11) is -3.76. The molecular weight excluding hydrogens is 445 g/mol. The molecule has 1 fully saturated rings. The van der Waals surface area contributed by atoms with E-state index in [1.807, 2.05) is 0 Å². The van der Waals surface area contributed by atoms with Crippen LogP contribution in [0.15, 0.2) is 36.4 Å². The van der Waals surface area contributed by atoms with Crippen molar-refractivity contribution in [3.05, 3.63) is 63.6 Å². The molecule has 156 valence electrons. The first-order valence-corrected chi connectivity index (χ1v) is 11.2. The zero-order valence-corrected chi connectivity index (χ0v) is 17.5. The summed E-state index contributed by atoms with van der Waals surface area (Å²) in [5, 5.41) is 3.02. The highest BCUT2D eigenvalue weighted by atomic mass is 35.5. The third-order valence-electron chi connectivity index (χ3n) is 4.72. The number of rotatable bonds is 5. The quantitative estimate of drug-likeness (QED) is 0.713. The van der Waals surface area contributed by atoms with Crippen molar-refractivity contribution in [3.63, 3.8) is 0 Å². The number of sulfonamides is 1. The van der Waals surface area contributed by atoms with Gasteiger partial charge in [-0.25, -0.2) is 21.5 Å². The number of hydrogen-bond acceptors (Lipinski definition) is 3. The van der Waals surface area contributed by atoms with Crippen molar-refractivity contribution in [2.75, 3.05) is 18.4 Å². The van der Waals surface area contributed by atoms with E-state index >= 15 is 0 Å². The van der Waals surface area contributed by atoms with Crippen LogP contribution >= 0.6 is 23.2 Å². The Morgan fingerprint density at radius 3 is 2.48 bits per heavy atom. The molecule has 0 spiro atoms. The van der Waals surface area contributed by atoms with Gasteiger partial charge in [0.1, 0.15) is 0 Å². The number of anilines is 1. The summed E-state index contributed by atoms with van der Waals surface area (Å²) in [6.07, 6.45) is 0.972. The number of carbonyl (C=O) groups excluding carboxylic acids is 1. The standard InChI is InChI=1S/C19H18Cl2F2N2O3S/c20-15-4-1-5-16(21)14(15)11-29(27,28)25-8-2-3-12(10-25)19(26)24-13-6-7-17(22)18(23)9-13/h1,4-7,9,12H,2-3,8,10-11H2,(H,24,26). The summed E-state index contributed by atoms with van der Waals surface area (Å²) in [5.41, 5.74) is 0.418. The number of hydrogen-bond donors (Lipinski definition) is 1. The van der Waals surface area contributed by atoms with Crippen LogP contribution in [0.4, 0.5) is 14.5 Å². The van der Waals surface area contributed by atoms with Gasteiger partial charge in [-0.3, -0.25) is 4.79 Å². The number of piperidine rings is 1. The molecule has 0 saturated carbocycles. The van der Waals surface area contributed by atoms with E-state index in [9.17, 15) is 22.0 Å². The molecule has 1 unspecified atom stereocenters. The van der Waals surface area contributed by atoms with E-state index in [1.165, 1.54) is 10.4 Å². The van der Waals surface area contributed by atoms with Crippen LogP contribution in [0.2, 0.25) is 10.0 Å². The van der Waals surface area contributed by atoms with Crippen molar-refractivity contribution in [1.82, 2.24) is 4.31 Å². The predicted octanol–water partition coefficient (Wildman–Crippen LogP) is 4.45. The highest BCUT2D eigenvalue weighted by Gasteiger charge is 2.33. The molecule has 1 saturated heterocycles. The maximum absolute atomic E-state index is 13.3. The molecule has 0 aromatic heterocycles. The fraction of sp³-hybridized carbons (Fsp3) is 0.316. The minimum absolute atomic E-state index is 0.0140. The first-order valence-electron chi connectivity index (χ1n) is 8.84. The molecule has 0 radical (unpaired) electrons. The summed E-state index contributed by atoms with van der Waals surface area (Å²) >= 11 is 12.2. The lowest BCUT2D eigenvalue weighted by Gasteiger charge is -2.31. The second kappa shape index (κ2) is 8.95. The topological polar surface area (TPSA) is 66.5 Å². The van der Waals surface area contributed by atoms with Gasteiger partial charge in [-0.1, -0.05) is 29.3 Å². The third kappa shape index (κ3) is 5.25. The lowest BCUT2D eigenvalue weighted by Crippen LogP contribution is -2.44. The van der Waals surface area contributed by atoms with Crippen LogP contribution in [-0.4, -0.2) is 31.7 Å². The van der Waals surface area contributed by atoms with Gasteiger partial charge in [0, 0.05) is 40.5 Å². The van der Waals surface area contributed by atoms with E-state index in [-0.39, 0.29) is 34.6 Å². The number of nitrogens with zero attached hydrogens (tertiary/aromatic N) is 1. The average molecular weight is 463 g/mol. The Bertz CT molecular complexity index is 1010. The molecule has 2 aromatic carbocycles. The maximum Gasteiger partial charge on any atom is 0.228 e. The molecule has 1 N–H and O–H groups in total. The Morgan fingerprint density at radius 1 is 1.14 bits per heavy atom. The van der Waals surface area contributed by atoms with Crippen LogP contribution in [0, 0.1) is 17.6 Å². The second-order valence-electron chi connectivity index (χ2n) is 6.77. The van der Waals surface area contributed by atoms with Crippen LogP contribution in [-0.2, 0) is 20.6 Å². The maximum atomic E-state index is 13.3. The van der Waals surface area contributed by atoms with E-state index < -0.39 is 33.5 Å². The van der Waals surface area contributed by atoms with Gasteiger partial charge in [-0.2, -0.15) is 0 Å². The van der Waals surface area contributed by atoms with E-state index in [1.54, 1.807) is 18.2 Å². The number of halogens is 4. The normalized spacial score (nSPS) is 17.9. The minimum atomic E-state index is -3.76. The number of carbonyl (C=O) groups is 1. The van der Waals surface area contributed by atoms with Gasteiger partial charge in [0.05, 0.1) is 11.7 Å². The van der Waals surface area contributed by atoms with Crippen molar-refractivity contribution in [2.24, 2.45) is 5.92 Å². The minimum Gasteiger partial charge on any atom is -0.326 e. The molecule has 1 atom stereocenters. The molecule has 1 aliphatic rings. The van der Waals surface area contributed by atoms with Crippen LogP contribution in [0.3, 0.4) is 0 Å². The lowest BCUT2D eigenvalue weighted by molar-refractivity contribution is -0.120. The van der Waals surface area contributed by atoms with Gasteiger partial charge in [0.25, 0.3) is 0 Å². The molecular formula is C19H18Cl2F2N2O3S. The molecule has 1 aliphatic heterocycles. The van der Waals surface area contributed by atoms with Gasteiger partial charge in [-0.15, -0.1) is 0 Å². The summed E-state index contributed by atoms with van der Waals surface area (Å²) in [4.78, 5) is 12.5. The van der Waals surface area contributed by atoms with Crippen molar-refractivity contribution in [3.8, 4) is 0 Å². The van der Waals surface area contributed by atoms with Crippen molar-refractivity contribution in [2.45, 2.75) is 18.6 Å². The monoisotopic (exact) mass is 462 g/mol. The molecule has 10 heteroatoms. The Hall–Kier alpha value is -1.74. The third-order valence-corrected chi connectivity index (χ3v) is 7.20. The predicted molar refractivity (Wildman–Crippen MR) is 108 cm³/mol. The van der Waals surface area contributed by atoms with E-state index in [0.717, 1.165) is 12.1 Å². The number of amides is 1. The van der Waals surface area contributed by atoms with Crippen molar-refractivity contribution in [1.29, 1.82) is 0 Å². The zero-order chi connectivity index (χ0) is 21.2. The molecule has 3 rings (SSSR count). The van der Waals surface area contributed by atoms with Crippen LogP contribution in [0.1, 0.15) is 18.4 Å². The molecule has 2 aromatic rings. The Balaban J connectivity index is 1.70. The molecule has 1 amide bonds. The lowest BCUT2D eigenvalue weighted by atomic mass is 9.98.